The standard InChI is InChI=1S/C10H10BrN3/c11-8-1-2-9-10(7-8)14(5-3-12)6-4-13-9/h1-2,7,13H,4-6H2. The molecular weight excluding hydrogens is 242 g/mol. The molecule has 0 spiro atoms. The van der Waals surface area contributed by atoms with E-state index in [0.29, 0.717) is 6.54 Å². The Balaban J connectivity index is 2.37. The van der Waals surface area contributed by atoms with Crippen molar-refractivity contribution in [3.63, 3.8) is 0 Å². The lowest BCUT2D eigenvalue weighted by molar-refractivity contribution is 0.847. The summed E-state index contributed by atoms with van der Waals surface area (Å²) in [4.78, 5) is 2.08. The van der Waals surface area contributed by atoms with Gasteiger partial charge in [0.1, 0.15) is 6.54 Å². The van der Waals surface area contributed by atoms with Gasteiger partial charge in [0, 0.05) is 17.6 Å². The molecule has 0 radical (unpaired) electrons. The topological polar surface area (TPSA) is 39.1 Å². The van der Waals surface area contributed by atoms with Gasteiger partial charge in [-0.15, -0.1) is 0 Å². The molecule has 0 fully saturated rings. The summed E-state index contributed by atoms with van der Waals surface area (Å²) in [6.45, 7) is 2.23. The molecule has 0 atom stereocenters. The number of benzene rings is 1. The van der Waals surface area contributed by atoms with E-state index in [1.54, 1.807) is 0 Å². The number of hydrogen-bond acceptors (Lipinski definition) is 3. The molecule has 14 heavy (non-hydrogen) atoms. The van der Waals surface area contributed by atoms with Crippen molar-refractivity contribution in [1.29, 1.82) is 5.26 Å². The lowest BCUT2D eigenvalue weighted by Crippen LogP contribution is -2.34. The molecule has 3 nitrogen and oxygen atoms in total. The van der Waals surface area contributed by atoms with Crippen LogP contribution in [-0.4, -0.2) is 19.6 Å². The van der Waals surface area contributed by atoms with Crippen LogP contribution < -0.4 is 10.2 Å². The van der Waals surface area contributed by atoms with Crippen LogP contribution in [0.1, 0.15) is 0 Å². The highest BCUT2D eigenvalue weighted by Gasteiger charge is 2.15. The molecule has 0 aromatic heterocycles. The van der Waals surface area contributed by atoms with E-state index in [1.165, 1.54) is 0 Å². The van der Waals surface area contributed by atoms with E-state index >= 15 is 0 Å². The Morgan fingerprint density at radius 3 is 3.21 bits per heavy atom. The summed E-state index contributed by atoms with van der Waals surface area (Å²) in [6, 6.07) is 8.25. The molecule has 1 aliphatic heterocycles. The maximum absolute atomic E-state index is 8.69. The van der Waals surface area contributed by atoms with E-state index in [0.717, 1.165) is 28.9 Å². The Bertz CT molecular complexity index is 383. The van der Waals surface area contributed by atoms with E-state index in [9.17, 15) is 0 Å². The average Bonchev–Trinajstić information content (AvgIpc) is 2.19. The molecule has 0 unspecified atom stereocenters. The summed E-state index contributed by atoms with van der Waals surface area (Å²) in [5.74, 6) is 0. The van der Waals surface area contributed by atoms with Crippen molar-refractivity contribution in [2.45, 2.75) is 0 Å². The van der Waals surface area contributed by atoms with E-state index < -0.39 is 0 Å². The van der Waals surface area contributed by atoms with E-state index in [2.05, 4.69) is 32.2 Å². The number of rotatable bonds is 1. The van der Waals surface area contributed by atoms with Crippen molar-refractivity contribution < 1.29 is 0 Å². The predicted molar refractivity (Wildman–Crippen MR) is 60.5 cm³/mol. The molecule has 1 N–H and O–H groups in total. The molecule has 1 aromatic rings. The Kier molecular flexibility index (Phi) is 2.60. The van der Waals surface area contributed by atoms with Crippen LogP contribution in [0, 0.1) is 11.3 Å². The van der Waals surface area contributed by atoms with Crippen molar-refractivity contribution >= 4 is 27.3 Å². The number of nitrogens with zero attached hydrogens (tertiary/aromatic N) is 2. The number of fused-ring (bicyclic) bond motifs is 1. The van der Waals surface area contributed by atoms with Crippen LogP contribution in [-0.2, 0) is 0 Å². The number of nitriles is 1. The fourth-order valence-corrected chi connectivity index (χ4v) is 1.96. The molecule has 0 bridgehead atoms. The van der Waals surface area contributed by atoms with E-state index in [4.69, 9.17) is 5.26 Å². The molecule has 1 heterocycles. The zero-order valence-corrected chi connectivity index (χ0v) is 9.21. The van der Waals surface area contributed by atoms with Crippen LogP contribution in [0.3, 0.4) is 0 Å². The first-order valence-electron chi connectivity index (χ1n) is 4.46. The van der Waals surface area contributed by atoms with E-state index in [1.807, 2.05) is 18.2 Å². The minimum absolute atomic E-state index is 0.450. The summed E-state index contributed by atoms with van der Waals surface area (Å²) >= 11 is 3.43. The van der Waals surface area contributed by atoms with E-state index in [-0.39, 0.29) is 0 Å². The van der Waals surface area contributed by atoms with Crippen LogP contribution >= 0.6 is 15.9 Å². The third-order valence-electron chi connectivity index (χ3n) is 2.26. The fraction of sp³-hybridized carbons (Fsp3) is 0.300. The van der Waals surface area contributed by atoms with Gasteiger partial charge < -0.3 is 10.2 Å². The number of anilines is 2. The summed E-state index contributed by atoms with van der Waals surface area (Å²) in [7, 11) is 0. The molecule has 1 aromatic carbocycles. The summed E-state index contributed by atoms with van der Waals surface area (Å²) in [6.07, 6.45) is 0. The zero-order valence-electron chi connectivity index (χ0n) is 7.63. The molecular formula is C10H10BrN3. The van der Waals surface area contributed by atoms with Gasteiger partial charge in [-0.2, -0.15) is 5.26 Å². The number of hydrogen-bond donors (Lipinski definition) is 1. The normalized spacial score (nSPS) is 14.1. The smallest absolute Gasteiger partial charge is 0.106 e. The first kappa shape index (κ1) is 9.35. The molecule has 0 saturated heterocycles. The van der Waals surface area contributed by atoms with Crippen molar-refractivity contribution in [1.82, 2.24) is 0 Å². The molecule has 2 rings (SSSR count). The SMILES string of the molecule is N#CCN1CCNc2ccc(Br)cc21. The third kappa shape index (κ3) is 1.68. The monoisotopic (exact) mass is 251 g/mol. The maximum atomic E-state index is 8.69. The van der Waals surface area contributed by atoms with Gasteiger partial charge in [0.05, 0.1) is 17.4 Å². The molecule has 0 amide bonds. The molecule has 1 aliphatic rings. The van der Waals surface area contributed by atoms with Crippen LogP contribution in [0.25, 0.3) is 0 Å². The summed E-state index contributed by atoms with van der Waals surface area (Å²) in [5, 5.41) is 12.0. The van der Waals surface area contributed by atoms with Crippen LogP contribution in [0.15, 0.2) is 22.7 Å². The second-order valence-corrected chi connectivity index (χ2v) is 4.08. The first-order valence-corrected chi connectivity index (χ1v) is 5.26. The predicted octanol–water partition coefficient (Wildman–Crippen LogP) is 2.20. The minimum Gasteiger partial charge on any atom is -0.382 e. The lowest BCUT2D eigenvalue weighted by Gasteiger charge is -2.30. The van der Waals surface area contributed by atoms with Crippen molar-refractivity contribution in [2.24, 2.45) is 0 Å². The number of nitrogens with one attached hydrogen (secondary N) is 1. The highest BCUT2D eigenvalue weighted by molar-refractivity contribution is 9.10. The Labute approximate surface area is 91.5 Å². The maximum Gasteiger partial charge on any atom is 0.106 e. The zero-order chi connectivity index (χ0) is 9.97. The van der Waals surface area contributed by atoms with Gasteiger partial charge >= 0.3 is 0 Å². The molecule has 0 aliphatic carbocycles. The molecule has 0 saturated carbocycles. The highest BCUT2D eigenvalue weighted by Crippen LogP contribution is 2.31. The summed E-state index contributed by atoms with van der Waals surface area (Å²) < 4.78 is 1.04. The van der Waals surface area contributed by atoms with Crippen molar-refractivity contribution in [2.75, 3.05) is 29.9 Å². The van der Waals surface area contributed by atoms with Gasteiger partial charge in [0.15, 0.2) is 0 Å². The van der Waals surface area contributed by atoms with Crippen LogP contribution in [0.4, 0.5) is 11.4 Å². The largest absolute Gasteiger partial charge is 0.382 e. The van der Waals surface area contributed by atoms with Gasteiger partial charge in [-0.25, -0.2) is 0 Å². The second-order valence-electron chi connectivity index (χ2n) is 3.17. The van der Waals surface area contributed by atoms with Crippen molar-refractivity contribution in [3.8, 4) is 6.07 Å². The number of halogens is 1. The lowest BCUT2D eigenvalue weighted by atomic mass is 10.2. The Hall–Kier alpha value is -1.21. The quantitative estimate of drug-likeness (QED) is 0.779. The van der Waals surface area contributed by atoms with Gasteiger partial charge in [-0.3, -0.25) is 0 Å². The molecule has 72 valence electrons. The second kappa shape index (κ2) is 3.89. The van der Waals surface area contributed by atoms with Gasteiger partial charge in [-0.05, 0) is 18.2 Å². The van der Waals surface area contributed by atoms with Gasteiger partial charge in [-0.1, -0.05) is 15.9 Å². The Morgan fingerprint density at radius 2 is 2.43 bits per heavy atom. The van der Waals surface area contributed by atoms with Crippen molar-refractivity contribution in [3.05, 3.63) is 22.7 Å². The fourth-order valence-electron chi connectivity index (χ4n) is 1.61. The summed E-state index contributed by atoms with van der Waals surface area (Å²) in [5.41, 5.74) is 2.21. The Morgan fingerprint density at radius 1 is 1.57 bits per heavy atom. The van der Waals surface area contributed by atoms with Crippen LogP contribution in [0.5, 0.6) is 0 Å². The average molecular weight is 252 g/mol. The van der Waals surface area contributed by atoms with Crippen LogP contribution in [0.2, 0.25) is 0 Å². The molecule has 4 heteroatoms. The minimum atomic E-state index is 0.450. The van der Waals surface area contributed by atoms with Gasteiger partial charge in [0.25, 0.3) is 0 Å². The third-order valence-corrected chi connectivity index (χ3v) is 2.75. The highest BCUT2D eigenvalue weighted by atomic mass is 79.9. The first-order chi connectivity index (χ1) is 6.81. The van der Waals surface area contributed by atoms with Gasteiger partial charge in [0.2, 0.25) is 0 Å².